The maximum atomic E-state index is 13.1. The van der Waals surface area contributed by atoms with Crippen LogP contribution in [0.4, 0.5) is 10.8 Å². The topological polar surface area (TPSA) is 135 Å². The van der Waals surface area contributed by atoms with E-state index in [4.69, 9.17) is 4.74 Å². The van der Waals surface area contributed by atoms with Gasteiger partial charge in [-0.15, -0.1) is 11.3 Å². The summed E-state index contributed by atoms with van der Waals surface area (Å²) in [7, 11) is 0. The second-order valence-electron chi connectivity index (χ2n) is 7.90. The Morgan fingerprint density at radius 3 is 2.71 bits per heavy atom. The Labute approximate surface area is 203 Å². The molecule has 2 aliphatic rings. The van der Waals surface area contributed by atoms with Crippen LogP contribution in [0.3, 0.4) is 0 Å². The van der Waals surface area contributed by atoms with Crippen LogP contribution >= 0.6 is 23.1 Å². The SMILES string of the molecule is CC(=O)SC1CN(c2nc(C(=O)N3CCNCC3C(=O)OCc3ccc([N+](=O)[O-])cc3)cs2)C1. The first-order chi connectivity index (χ1) is 16.3. The number of carbonyl (C=O) groups is 3. The molecule has 2 aliphatic heterocycles. The molecule has 1 aromatic carbocycles. The highest BCUT2D eigenvalue weighted by Gasteiger charge is 2.36. The van der Waals surface area contributed by atoms with Crippen LogP contribution in [0.15, 0.2) is 29.6 Å². The predicted molar refractivity (Wildman–Crippen MR) is 127 cm³/mol. The Balaban J connectivity index is 1.35. The van der Waals surface area contributed by atoms with Crippen LogP contribution in [0, 0.1) is 10.1 Å². The van der Waals surface area contributed by atoms with Gasteiger partial charge in [0, 0.05) is 62.4 Å². The summed E-state index contributed by atoms with van der Waals surface area (Å²) >= 11 is 2.68. The van der Waals surface area contributed by atoms with Crippen molar-refractivity contribution in [2.24, 2.45) is 0 Å². The van der Waals surface area contributed by atoms with Crippen molar-refractivity contribution in [3.8, 4) is 0 Å². The lowest BCUT2D eigenvalue weighted by Crippen LogP contribution is -2.57. The predicted octanol–water partition coefficient (Wildman–Crippen LogP) is 1.68. The molecule has 0 spiro atoms. The molecule has 11 nitrogen and oxygen atoms in total. The van der Waals surface area contributed by atoms with Crippen molar-refractivity contribution in [2.45, 2.75) is 24.8 Å². The second kappa shape index (κ2) is 10.5. The molecular formula is C21H23N5O6S2. The van der Waals surface area contributed by atoms with E-state index in [0.29, 0.717) is 31.7 Å². The molecule has 1 aromatic heterocycles. The van der Waals surface area contributed by atoms with Crippen molar-refractivity contribution in [3.05, 3.63) is 51.0 Å². The number of piperazine rings is 1. The van der Waals surface area contributed by atoms with Crippen molar-refractivity contribution >= 4 is 50.9 Å². The van der Waals surface area contributed by atoms with E-state index in [-0.39, 0.29) is 40.8 Å². The summed E-state index contributed by atoms with van der Waals surface area (Å²) in [4.78, 5) is 55.4. The Kier molecular flexibility index (Phi) is 7.44. The highest BCUT2D eigenvalue weighted by Crippen LogP contribution is 2.31. The molecule has 2 saturated heterocycles. The number of aromatic nitrogens is 1. The van der Waals surface area contributed by atoms with Crippen molar-refractivity contribution < 1.29 is 24.0 Å². The molecule has 180 valence electrons. The first-order valence-electron chi connectivity index (χ1n) is 10.6. The largest absolute Gasteiger partial charge is 0.459 e. The molecule has 1 N–H and O–H groups in total. The third-order valence-corrected chi connectivity index (χ3v) is 7.33. The van der Waals surface area contributed by atoms with E-state index in [0.717, 1.165) is 5.13 Å². The molecule has 1 unspecified atom stereocenters. The summed E-state index contributed by atoms with van der Waals surface area (Å²) in [6.07, 6.45) is 0. The molecular weight excluding hydrogens is 482 g/mol. The number of amides is 1. The average molecular weight is 506 g/mol. The molecule has 13 heteroatoms. The van der Waals surface area contributed by atoms with Crippen LogP contribution in [-0.2, 0) is 20.9 Å². The van der Waals surface area contributed by atoms with E-state index < -0.39 is 16.9 Å². The van der Waals surface area contributed by atoms with Gasteiger partial charge in [0.1, 0.15) is 18.3 Å². The summed E-state index contributed by atoms with van der Waals surface area (Å²) < 4.78 is 5.40. The van der Waals surface area contributed by atoms with Gasteiger partial charge < -0.3 is 19.9 Å². The number of thioether (sulfide) groups is 1. The van der Waals surface area contributed by atoms with Crippen LogP contribution in [0.1, 0.15) is 23.0 Å². The number of rotatable bonds is 7. The van der Waals surface area contributed by atoms with Crippen molar-refractivity contribution in [1.29, 1.82) is 0 Å². The first-order valence-corrected chi connectivity index (χ1v) is 12.4. The van der Waals surface area contributed by atoms with Gasteiger partial charge in [-0.25, -0.2) is 9.78 Å². The second-order valence-corrected chi connectivity index (χ2v) is 10.2. The molecule has 0 radical (unpaired) electrons. The third-order valence-electron chi connectivity index (χ3n) is 5.47. The lowest BCUT2D eigenvalue weighted by Gasteiger charge is -2.38. The van der Waals surface area contributed by atoms with Gasteiger partial charge in [0.2, 0.25) is 0 Å². The molecule has 2 fully saturated rings. The molecule has 1 atom stereocenters. The number of benzene rings is 1. The third kappa shape index (κ3) is 5.54. The van der Waals surface area contributed by atoms with Crippen LogP contribution in [0.5, 0.6) is 0 Å². The van der Waals surface area contributed by atoms with Gasteiger partial charge in [-0.1, -0.05) is 11.8 Å². The fourth-order valence-corrected chi connectivity index (χ4v) is 5.48. The Morgan fingerprint density at radius 1 is 1.29 bits per heavy atom. The standard InChI is InChI=1S/C21H23N5O6S2/c1-13(27)34-16-9-24(10-16)21-23-17(12-33-21)19(28)25-7-6-22-8-18(25)20(29)32-11-14-2-4-15(5-3-14)26(30)31/h2-5,12,16,18,22H,6-11H2,1H3. The number of nitro groups is 1. The van der Waals surface area contributed by atoms with Gasteiger partial charge in [-0.3, -0.25) is 19.7 Å². The summed E-state index contributed by atoms with van der Waals surface area (Å²) in [5.74, 6) is -0.891. The zero-order valence-corrected chi connectivity index (χ0v) is 20.0. The number of carbonyl (C=O) groups excluding carboxylic acids is 3. The van der Waals surface area contributed by atoms with Gasteiger partial charge in [-0.05, 0) is 17.7 Å². The van der Waals surface area contributed by atoms with Gasteiger partial charge in [0.25, 0.3) is 11.6 Å². The van der Waals surface area contributed by atoms with E-state index in [9.17, 15) is 24.5 Å². The van der Waals surface area contributed by atoms with Crippen molar-refractivity contribution in [1.82, 2.24) is 15.2 Å². The van der Waals surface area contributed by atoms with Gasteiger partial charge >= 0.3 is 5.97 Å². The monoisotopic (exact) mass is 505 g/mol. The van der Waals surface area contributed by atoms with Gasteiger partial charge in [0.15, 0.2) is 10.2 Å². The molecule has 0 saturated carbocycles. The molecule has 4 rings (SSSR count). The number of hydrogen-bond donors (Lipinski definition) is 1. The minimum absolute atomic E-state index is 0.0442. The fourth-order valence-electron chi connectivity index (χ4n) is 3.68. The zero-order chi connectivity index (χ0) is 24.2. The first kappa shape index (κ1) is 24.1. The zero-order valence-electron chi connectivity index (χ0n) is 18.3. The minimum Gasteiger partial charge on any atom is -0.459 e. The number of nitrogens with one attached hydrogen (secondary N) is 1. The summed E-state index contributed by atoms with van der Waals surface area (Å²) in [6.45, 7) is 4.05. The lowest BCUT2D eigenvalue weighted by atomic mass is 10.1. The van der Waals surface area contributed by atoms with Crippen molar-refractivity contribution in [2.75, 3.05) is 37.6 Å². The van der Waals surface area contributed by atoms with Gasteiger partial charge in [-0.2, -0.15) is 0 Å². The number of nitro benzene ring substituents is 1. The number of hydrogen-bond acceptors (Lipinski definition) is 11. The van der Waals surface area contributed by atoms with E-state index in [1.165, 1.54) is 52.3 Å². The number of ether oxygens (including phenoxy) is 1. The molecule has 3 heterocycles. The fraction of sp³-hybridized carbons (Fsp3) is 0.429. The molecule has 2 aromatic rings. The smallest absolute Gasteiger partial charge is 0.330 e. The van der Waals surface area contributed by atoms with Crippen LogP contribution in [0.2, 0.25) is 0 Å². The van der Waals surface area contributed by atoms with E-state index >= 15 is 0 Å². The number of nitrogens with zero attached hydrogens (tertiary/aromatic N) is 4. The van der Waals surface area contributed by atoms with Gasteiger partial charge in [0.05, 0.1) is 4.92 Å². The number of thiazole rings is 1. The van der Waals surface area contributed by atoms with E-state index in [1.807, 2.05) is 4.90 Å². The normalized spacial score (nSPS) is 18.3. The van der Waals surface area contributed by atoms with E-state index in [1.54, 1.807) is 12.3 Å². The number of anilines is 1. The maximum absolute atomic E-state index is 13.1. The Morgan fingerprint density at radius 2 is 2.03 bits per heavy atom. The molecule has 1 amide bonds. The molecule has 34 heavy (non-hydrogen) atoms. The molecule has 0 bridgehead atoms. The van der Waals surface area contributed by atoms with Crippen LogP contribution in [0.25, 0.3) is 0 Å². The summed E-state index contributed by atoms with van der Waals surface area (Å²) in [5, 5.41) is 16.6. The minimum atomic E-state index is -0.801. The maximum Gasteiger partial charge on any atom is 0.330 e. The number of esters is 1. The highest BCUT2D eigenvalue weighted by atomic mass is 32.2. The van der Waals surface area contributed by atoms with Crippen molar-refractivity contribution in [3.63, 3.8) is 0 Å². The Bertz CT molecular complexity index is 1090. The average Bonchev–Trinajstić information content (AvgIpc) is 3.28. The van der Waals surface area contributed by atoms with E-state index in [2.05, 4.69) is 10.3 Å². The molecule has 0 aliphatic carbocycles. The lowest BCUT2D eigenvalue weighted by molar-refractivity contribution is -0.384. The quantitative estimate of drug-likeness (QED) is 0.336. The number of non-ortho nitro benzene ring substituents is 1. The highest BCUT2D eigenvalue weighted by molar-refractivity contribution is 8.14. The van der Waals surface area contributed by atoms with Crippen LogP contribution in [-0.4, -0.2) is 75.8 Å². The summed E-state index contributed by atoms with van der Waals surface area (Å²) in [6, 6.07) is 4.95. The Hall–Kier alpha value is -3.03. The van der Waals surface area contributed by atoms with Crippen LogP contribution < -0.4 is 10.2 Å². The summed E-state index contributed by atoms with van der Waals surface area (Å²) in [5.41, 5.74) is 0.843.